The number of hydrogen-bond acceptors (Lipinski definition) is 4. The number of anilines is 1. The second-order valence-electron chi connectivity index (χ2n) is 5.63. The highest BCUT2D eigenvalue weighted by Crippen LogP contribution is 2.16. The van der Waals surface area contributed by atoms with E-state index in [4.69, 9.17) is 4.74 Å². The minimum Gasteiger partial charge on any atom is -0.462 e. The third kappa shape index (κ3) is 5.66. The molecule has 0 spiro atoms. The molecule has 1 fully saturated rings. The smallest absolute Gasteiger partial charge is 0.340 e. The lowest BCUT2D eigenvalue weighted by Crippen LogP contribution is -2.38. The Morgan fingerprint density at radius 2 is 2.12 bits per heavy atom. The van der Waals surface area contributed by atoms with Gasteiger partial charge in [-0.2, -0.15) is 0 Å². The quantitative estimate of drug-likeness (QED) is 0.492. The number of carbonyl (C=O) groups excluding carboxylic acids is 3. The summed E-state index contributed by atoms with van der Waals surface area (Å²) < 4.78 is 5.19. The van der Waals surface area contributed by atoms with Gasteiger partial charge < -0.3 is 25.6 Å². The average molecular weight is 348 g/mol. The normalized spacial score (nSPS) is 13.3. The molecule has 136 valence electrons. The van der Waals surface area contributed by atoms with Gasteiger partial charge in [0.2, 0.25) is 0 Å². The molecular weight excluding hydrogens is 324 g/mol. The molecule has 1 aliphatic heterocycles. The molecule has 25 heavy (non-hydrogen) atoms. The first-order valence-electron chi connectivity index (χ1n) is 8.45. The molecule has 1 heterocycles. The molecule has 0 radical (unpaired) electrons. The Kier molecular flexibility index (Phi) is 7.06. The number of nitrogens with zero attached hydrogens (tertiary/aromatic N) is 1. The van der Waals surface area contributed by atoms with Gasteiger partial charge in [0.25, 0.3) is 0 Å². The first-order valence-corrected chi connectivity index (χ1v) is 8.45. The van der Waals surface area contributed by atoms with Gasteiger partial charge in [0.05, 0.1) is 17.9 Å². The fourth-order valence-electron chi connectivity index (χ4n) is 2.35. The van der Waals surface area contributed by atoms with Crippen molar-refractivity contribution in [3.63, 3.8) is 0 Å². The van der Waals surface area contributed by atoms with Crippen molar-refractivity contribution < 1.29 is 19.1 Å². The predicted octanol–water partition coefficient (Wildman–Crippen LogP) is 1.79. The second kappa shape index (κ2) is 9.51. The summed E-state index contributed by atoms with van der Waals surface area (Å²) in [5.74, 6) is -0.460. The molecule has 1 aliphatic rings. The summed E-state index contributed by atoms with van der Waals surface area (Å²) in [6.45, 7) is 4.38. The van der Waals surface area contributed by atoms with E-state index < -0.39 is 12.0 Å². The lowest BCUT2D eigenvalue weighted by molar-refractivity contribution is 0.0501. The van der Waals surface area contributed by atoms with Crippen LogP contribution in [0.5, 0.6) is 0 Å². The zero-order valence-corrected chi connectivity index (χ0v) is 14.3. The van der Waals surface area contributed by atoms with Gasteiger partial charge in [-0.05, 0) is 18.6 Å². The largest absolute Gasteiger partial charge is 0.462 e. The molecule has 0 saturated carbocycles. The van der Waals surface area contributed by atoms with E-state index in [-0.39, 0.29) is 6.03 Å². The highest BCUT2D eigenvalue weighted by molar-refractivity contribution is 6.00. The number of rotatable bonds is 8. The Labute approximate surface area is 146 Å². The number of unbranched alkanes of at least 4 members (excludes halogenated alkanes) is 1. The van der Waals surface area contributed by atoms with Crippen molar-refractivity contribution >= 4 is 23.7 Å². The van der Waals surface area contributed by atoms with E-state index in [2.05, 4.69) is 16.0 Å². The zero-order valence-electron chi connectivity index (χ0n) is 14.3. The van der Waals surface area contributed by atoms with Crippen LogP contribution in [-0.4, -0.2) is 55.7 Å². The van der Waals surface area contributed by atoms with Crippen LogP contribution in [0.3, 0.4) is 0 Å². The summed E-state index contributed by atoms with van der Waals surface area (Å²) in [6.07, 6.45) is 1.73. The van der Waals surface area contributed by atoms with Crippen LogP contribution in [-0.2, 0) is 4.74 Å². The summed E-state index contributed by atoms with van der Waals surface area (Å²) in [4.78, 5) is 37.1. The molecule has 1 aromatic rings. The molecule has 4 amide bonds. The predicted molar refractivity (Wildman–Crippen MR) is 93.6 cm³/mol. The monoisotopic (exact) mass is 348 g/mol. The maximum Gasteiger partial charge on any atom is 0.340 e. The van der Waals surface area contributed by atoms with Crippen LogP contribution in [0.15, 0.2) is 24.3 Å². The molecule has 3 N–H and O–H groups in total. The first kappa shape index (κ1) is 18.6. The Balaban J connectivity index is 1.83. The van der Waals surface area contributed by atoms with Crippen LogP contribution < -0.4 is 16.0 Å². The summed E-state index contributed by atoms with van der Waals surface area (Å²) in [6, 6.07) is 6.14. The Morgan fingerprint density at radius 3 is 2.84 bits per heavy atom. The number of carbonyl (C=O) groups is 3. The molecular formula is C17H24N4O4. The van der Waals surface area contributed by atoms with Crippen LogP contribution in [0.4, 0.5) is 15.3 Å². The number of amides is 4. The maximum absolute atomic E-state index is 12.1. The number of nitrogens with one attached hydrogen (secondary N) is 3. The maximum atomic E-state index is 12.1. The van der Waals surface area contributed by atoms with E-state index in [1.807, 2.05) is 6.92 Å². The molecule has 0 unspecified atom stereocenters. The number of para-hydroxylation sites is 1. The van der Waals surface area contributed by atoms with E-state index in [1.165, 1.54) is 0 Å². The lowest BCUT2D eigenvalue weighted by atomic mass is 10.2. The standard InChI is InChI=1S/C17H24N4O4/c1-2-3-12-25-15(22)13-6-4-5-7-14(13)20-16(23)18-8-10-21-11-9-19-17(21)24/h4-7H,2-3,8-12H2,1H3,(H,19,24)(H2,18,20,23). The van der Waals surface area contributed by atoms with E-state index in [9.17, 15) is 14.4 Å². The fraction of sp³-hybridized carbons (Fsp3) is 0.471. The summed E-state index contributed by atoms with van der Waals surface area (Å²) in [5, 5.41) is 8.02. The molecule has 1 aromatic carbocycles. The van der Waals surface area contributed by atoms with Crippen LogP contribution >= 0.6 is 0 Å². The molecule has 8 nitrogen and oxygen atoms in total. The van der Waals surface area contributed by atoms with E-state index in [1.54, 1.807) is 29.2 Å². The molecule has 0 atom stereocenters. The number of benzene rings is 1. The van der Waals surface area contributed by atoms with Crippen molar-refractivity contribution in [3.8, 4) is 0 Å². The van der Waals surface area contributed by atoms with Crippen LogP contribution in [0.2, 0.25) is 0 Å². The van der Waals surface area contributed by atoms with Gasteiger partial charge in [-0.15, -0.1) is 0 Å². The minimum atomic E-state index is -0.460. The number of urea groups is 2. The van der Waals surface area contributed by atoms with Gasteiger partial charge in [0, 0.05) is 26.2 Å². The SMILES string of the molecule is CCCCOC(=O)c1ccccc1NC(=O)NCCN1CCNC1=O. The first-order chi connectivity index (χ1) is 12.1. The third-order valence-electron chi connectivity index (χ3n) is 3.74. The average Bonchev–Trinajstić information content (AvgIpc) is 3.00. The molecule has 0 aromatic heterocycles. The molecule has 0 bridgehead atoms. The van der Waals surface area contributed by atoms with Crippen molar-refractivity contribution in [1.29, 1.82) is 0 Å². The topological polar surface area (TPSA) is 99.8 Å². The number of ether oxygens (including phenoxy) is 1. The molecule has 1 saturated heterocycles. The minimum absolute atomic E-state index is 0.123. The second-order valence-corrected chi connectivity index (χ2v) is 5.63. The van der Waals surface area contributed by atoms with Gasteiger partial charge in [-0.3, -0.25) is 0 Å². The van der Waals surface area contributed by atoms with Crippen molar-refractivity contribution in [2.45, 2.75) is 19.8 Å². The van der Waals surface area contributed by atoms with E-state index >= 15 is 0 Å². The van der Waals surface area contributed by atoms with Crippen molar-refractivity contribution in [3.05, 3.63) is 29.8 Å². The van der Waals surface area contributed by atoms with Crippen LogP contribution in [0, 0.1) is 0 Å². The number of hydrogen-bond donors (Lipinski definition) is 3. The van der Waals surface area contributed by atoms with Crippen molar-refractivity contribution in [2.24, 2.45) is 0 Å². The highest BCUT2D eigenvalue weighted by atomic mass is 16.5. The van der Waals surface area contributed by atoms with Gasteiger partial charge in [0.15, 0.2) is 0 Å². The Morgan fingerprint density at radius 1 is 1.32 bits per heavy atom. The van der Waals surface area contributed by atoms with Crippen LogP contribution in [0.25, 0.3) is 0 Å². The lowest BCUT2D eigenvalue weighted by Gasteiger charge is -2.15. The fourth-order valence-corrected chi connectivity index (χ4v) is 2.35. The Bertz CT molecular complexity index is 620. The van der Waals surface area contributed by atoms with E-state index in [0.717, 1.165) is 12.8 Å². The summed E-state index contributed by atoms with van der Waals surface area (Å²) in [5.41, 5.74) is 0.702. The van der Waals surface area contributed by atoms with Crippen molar-refractivity contribution in [1.82, 2.24) is 15.5 Å². The summed E-state index contributed by atoms with van der Waals surface area (Å²) in [7, 11) is 0. The highest BCUT2D eigenvalue weighted by Gasteiger charge is 2.19. The van der Waals surface area contributed by atoms with Gasteiger partial charge >= 0.3 is 18.0 Å². The summed E-state index contributed by atoms with van der Waals surface area (Å²) >= 11 is 0. The van der Waals surface area contributed by atoms with Gasteiger partial charge in [-0.25, -0.2) is 14.4 Å². The van der Waals surface area contributed by atoms with Gasteiger partial charge in [-0.1, -0.05) is 25.5 Å². The zero-order chi connectivity index (χ0) is 18.1. The molecule has 0 aliphatic carbocycles. The third-order valence-corrected chi connectivity index (χ3v) is 3.74. The van der Waals surface area contributed by atoms with Gasteiger partial charge in [0.1, 0.15) is 0 Å². The molecule has 8 heteroatoms. The van der Waals surface area contributed by atoms with E-state index in [0.29, 0.717) is 44.0 Å². The number of esters is 1. The van der Waals surface area contributed by atoms with Crippen molar-refractivity contribution in [2.75, 3.05) is 38.1 Å². The Hall–Kier alpha value is -2.77. The molecule has 2 rings (SSSR count). The van der Waals surface area contributed by atoms with Crippen LogP contribution in [0.1, 0.15) is 30.1 Å².